The Kier molecular flexibility index (Phi) is 6.86. The van der Waals surface area contributed by atoms with Gasteiger partial charge in [0.15, 0.2) is 0 Å². The van der Waals surface area contributed by atoms with E-state index in [4.69, 9.17) is 4.74 Å². The summed E-state index contributed by atoms with van der Waals surface area (Å²) in [5.74, 6) is 0.850. The maximum Gasteiger partial charge on any atom is 0.258 e. The lowest BCUT2D eigenvalue weighted by molar-refractivity contribution is 0.0991. The molecule has 0 bridgehead atoms. The number of anilines is 2. The highest BCUT2D eigenvalue weighted by atomic mass is 16.5. The lowest BCUT2D eigenvalue weighted by Gasteiger charge is -2.17. The fourth-order valence-electron chi connectivity index (χ4n) is 2.83. The number of nitrogens with one attached hydrogen (secondary N) is 1. The van der Waals surface area contributed by atoms with Crippen LogP contribution in [0.2, 0.25) is 0 Å². The van der Waals surface area contributed by atoms with Gasteiger partial charge in [-0.15, -0.1) is 0 Å². The Morgan fingerprint density at radius 1 is 0.867 bits per heavy atom. The predicted molar refractivity (Wildman–Crippen MR) is 120 cm³/mol. The van der Waals surface area contributed by atoms with Crippen LogP contribution < -0.4 is 15.0 Å². The van der Waals surface area contributed by atoms with Crippen LogP contribution in [0.1, 0.15) is 34.6 Å². The van der Waals surface area contributed by atoms with Crippen LogP contribution in [0.4, 0.5) is 11.4 Å². The molecule has 154 valence electrons. The van der Waals surface area contributed by atoms with Crippen molar-refractivity contribution in [3.05, 3.63) is 90.0 Å². The fraction of sp³-hybridized carbons (Fsp3) is 0.200. The standard InChI is InChI=1S/C25H26N2O3/c1-18(2)17-30-23-15-11-19(12-16-23)24(28)26-21-13-9-20(10-14-21)25(29)27(3)22-7-5-4-6-8-22/h4-16,18H,17H2,1-3H3,(H,26,28). The molecule has 0 fully saturated rings. The molecule has 1 N–H and O–H groups in total. The van der Waals surface area contributed by atoms with Crippen molar-refractivity contribution in [3.8, 4) is 5.75 Å². The Hall–Kier alpha value is -3.60. The Morgan fingerprint density at radius 2 is 1.47 bits per heavy atom. The van der Waals surface area contributed by atoms with Crippen molar-refractivity contribution in [1.29, 1.82) is 0 Å². The van der Waals surface area contributed by atoms with Gasteiger partial charge in [-0.2, -0.15) is 0 Å². The number of para-hydroxylation sites is 1. The predicted octanol–water partition coefficient (Wildman–Crippen LogP) is 5.25. The number of amides is 2. The maximum atomic E-state index is 12.7. The first-order valence-electron chi connectivity index (χ1n) is 9.91. The zero-order valence-electron chi connectivity index (χ0n) is 17.5. The van der Waals surface area contributed by atoms with E-state index in [-0.39, 0.29) is 11.8 Å². The van der Waals surface area contributed by atoms with E-state index in [9.17, 15) is 9.59 Å². The van der Waals surface area contributed by atoms with E-state index < -0.39 is 0 Å². The van der Waals surface area contributed by atoms with Crippen molar-refractivity contribution in [2.45, 2.75) is 13.8 Å². The molecule has 30 heavy (non-hydrogen) atoms. The zero-order valence-corrected chi connectivity index (χ0v) is 17.5. The minimum atomic E-state index is -0.217. The van der Waals surface area contributed by atoms with E-state index in [0.717, 1.165) is 11.4 Å². The summed E-state index contributed by atoms with van der Waals surface area (Å²) in [6.45, 7) is 4.80. The number of hydrogen-bond acceptors (Lipinski definition) is 3. The van der Waals surface area contributed by atoms with Crippen LogP contribution in [0.5, 0.6) is 5.75 Å². The van der Waals surface area contributed by atoms with Gasteiger partial charge in [0.25, 0.3) is 11.8 Å². The highest BCUT2D eigenvalue weighted by Crippen LogP contribution is 2.18. The number of ether oxygens (including phenoxy) is 1. The number of rotatable bonds is 7. The smallest absolute Gasteiger partial charge is 0.258 e. The SMILES string of the molecule is CC(C)COc1ccc(C(=O)Nc2ccc(C(=O)N(C)c3ccccc3)cc2)cc1. The molecule has 0 aliphatic rings. The van der Waals surface area contributed by atoms with Crippen molar-refractivity contribution in [2.75, 3.05) is 23.9 Å². The Labute approximate surface area is 177 Å². The van der Waals surface area contributed by atoms with Gasteiger partial charge >= 0.3 is 0 Å². The normalized spacial score (nSPS) is 10.5. The highest BCUT2D eigenvalue weighted by Gasteiger charge is 2.13. The lowest BCUT2D eigenvalue weighted by Crippen LogP contribution is -2.26. The third kappa shape index (κ3) is 5.47. The van der Waals surface area contributed by atoms with Crippen molar-refractivity contribution in [2.24, 2.45) is 5.92 Å². The van der Waals surface area contributed by atoms with Gasteiger partial charge in [0.2, 0.25) is 0 Å². The third-order valence-corrected chi connectivity index (χ3v) is 4.54. The lowest BCUT2D eigenvalue weighted by atomic mass is 10.1. The molecule has 0 aliphatic heterocycles. The van der Waals surface area contributed by atoms with E-state index in [1.54, 1.807) is 60.5 Å². The quantitative estimate of drug-likeness (QED) is 0.587. The maximum absolute atomic E-state index is 12.7. The first kappa shape index (κ1) is 21.1. The second kappa shape index (κ2) is 9.74. The van der Waals surface area contributed by atoms with E-state index >= 15 is 0 Å². The number of benzene rings is 3. The highest BCUT2D eigenvalue weighted by molar-refractivity contribution is 6.07. The summed E-state index contributed by atoms with van der Waals surface area (Å²) >= 11 is 0. The number of carbonyl (C=O) groups is 2. The van der Waals surface area contributed by atoms with E-state index in [1.165, 1.54) is 0 Å². The van der Waals surface area contributed by atoms with Gasteiger partial charge in [-0.3, -0.25) is 9.59 Å². The molecule has 2 amide bonds. The van der Waals surface area contributed by atoms with Crippen LogP contribution in [-0.4, -0.2) is 25.5 Å². The summed E-state index contributed by atoms with van der Waals surface area (Å²) in [5, 5.41) is 2.85. The van der Waals surface area contributed by atoms with Crippen LogP contribution in [0, 0.1) is 5.92 Å². The molecule has 0 aliphatic carbocycles. The van der Waals surface area contributed by atoms with Gasteiger partial charge in [0, 0.05) is 29.5 Å². The van der Waals surface area contributed by atoms with Gasteiger partial charge in [-0.1, -0.05) is 32.0 Å². The van der Waals surface area contributed by atoms with Gasteiger partial charge in [0.1, 0.15) is 5.75 Å². The van der Waals surface area contributed by atoms with Gasteiger partial charge in [0.05, 0.1) is 6.61 Å². The number of hydrogen-bond donors (Lipinski definition) is 1. The Bertz CT molecular complexity index is 981. The van der Waals surface area contributed by atoms with Crippen LogP contribution in [0.3, 0.4) is 0 Å². The molecular weight excluding hydrogens is 376 g/mol. The molecule has 3 aromatic carbocycles. The van der Waals surface area contributed by atoms with Crippen LogP contribution >= 0.6 is 0 Å². The van der Waals surface area contributed by atoms with Crippen molar-refractivity contribution in [1.82, 2.24) is 0 Å². The molecule has 0 unspecified atom stereocenters. The zero-order chi connectivity index (χ0) is 21.5. The molecule has 0 radical (unpaired) electrons. The molecule has 0 spiro atoms. The van der Waals surface area contributed by atoms with Gasteiger partial charge in [-0.25, -0.2) is 0 Å². The van der Waals surface area contributed by atoms with Crippen molar-refractivity contribution < 1.29 is 14.3 Å². The number of nitrogens with zero attached hydrogens (tertiary/aromatic N) is 1. The molecular formula is C25H26N2O3. The molecule has 5 nitrogen and oxygen atoms in total. The largest absolute Gasteiger partial charge is 0.493 e. The summed E-state index contributed by atoms with van der Waals surface area (Å²) in [6, 6.07) is 23.4. The van der Waals surface area contributed by atoms with Crippen LogP contribution in [-0.2, 0) is 0 Å². The Balaban J connectivity index is 1.61. The van der Waals surface area contributed by atoms with Gasteiger partial charge < -0.3 is 15.0 Å². The monoisotopic (exact) mass is 402 g/mol. The average Bonchev–Trinajstić information content (AvgIpc) is 2.78. The Morgan fingerprint density at radius 3 is 2.07 bits per heavy atom. The average molecular weight is 402 g/mol. The molecule has 3 rings (SSSR count). The molecule has 0 atom stereocenters. The second-order valence-electron chi connectivity index (χ2n) is 7.46. The van der Waals surface area contributed by atoms with Gasteiger partial charge in [-0.05, 0) is 66.6 Å². The summed E-state index contributed by atoms with van der Waals surface area (Å²) in [5.41, 5.74) is 2.53. The minimum absolute atomic E-state index is 0.115. The minimum Gasteiger partial charge on any atom is -0.493 e. The number of carbonyl (C=O) groups excluding carboxylic acids is 2. The fourth-order valence-corrected chi connectivity index (χ4v) is 2.83. The summed E-state index contributed by atoms with van der Waals surface area (Å²) in [7, 11) is 1.74. The first-order valence-corrected chi connectivity index (χ1v) is 9.91. The first-order chi connectivity index (χ1) is 14.4. The molecule has 0 saturated heterocycles. The van der Waals surface area contributed by atoms with E-state index in [0.29, 0.717) is 29.3 Å². The summed E-state index contributed by atoms with van der Waals surface area (Å²) in [6.07, 6.45) is 0. The second-order valence-corrected chi connectivity index (χ2v) is 7.46. The molecule has 0 aromatic heterocycles. The molecule has 3 aromatic rings. The third-order valence-electron chi connectivity index (χ3n) is 4.54. The topological polar surface area (TPSA) is 58.6 Å². The van der Waals surface area contributed by atoms with Crippen molar-refractivity contribution >= 4 is 23.2 Å². The molecule has 5 heteroatoms. The summed E-state index contributed by atoms with van der Waals surface area (Å²) in [4.78, 5) is 26.7. The van der Waals surface area contributed by atoms with E-state index in [2.05, 4.69) is 19.2 Å². The van der Waals surface area contributed by atoms with Crippen molar-refractivity contribution in [3.63, 3.8) is 0 Å². The van der Waals surface area contributed by atoms with Crippen LogP contribution in [0.15, 0.2) is 78.9 Å². The molecule has 0 saturated carbocycles. The molecule has 0 heterocycles. The van der Waals surface area contributed by atoms with E-state index in [1.807, 2.05) is 30.3 Å². The summed E-state index contributed by atoms with van der Waals surface area (Å²) < 4.78 is 5.64. The van der Waals surface area contributed by atoms with Crippen LogP contribution in [0.25, 0.3) is 0 Å².